The smallest absolute Gasteiger partial charge is 0.129 e. The summed E-state index contributed by atoms with van der Waals surface area (Å²) in [6.07, 6.45) is 1.99. The van der Waals surface area contributed by atoms with Crippen LogP contribution in [0.2, 0.25) is 0 Å². The summed E-state index contributed by atoms with van der Waals surface area (Å²) < 4.78 is 0. The molecule has 2 heterocycles. The van der Waals surface area contributed by atoms with Crippen molar-refractivity contribution in [1.29, 1.82) is 0 Å². The molecule has 1 aromatic heterocycles. The van der Waals surface area contributed by atoms with Gasteiger partial charge in [0, 0.05) is 37.8 Å². The van der Waals surface area contributed by atoms with Crippen molar-refractivity contribution < 1.29 is 0 Å². The highest BCUT2D eigenvalue weighted by atomic mass is 15.2. The molecule has 17 heavy (non-hydrogen) atoms. The molecular formula is C14H17N3. The highest BCUT2D eigenvalue weighted by Crippen LogP contribution is 2.22. The number of benzene rings is 1. The van der Waals surface area contributed by atoms with Gasteiger partial charge in [0.25, 0.3) is 0 Å². The van der Waals surface area contributed by atoms with E-state index in [1.54, 1.807) is 0 Å². The van der Waals surface area contributed by atoms with Gasteiger partial charge in [-0.25, -0.2) is 4.98 Å². The van der Waals surface area contributed by atoms with Gasteiger partial charge < -0.3 is 10.2 Å². The Hall–Kier alpha value is -1.61. The topological polar surface area (TPSA) is 28.2 Å². The van der Waals surface area contributed by atoms with Crippen molar-refractivity contribution in [2.75, 3.05) is 31.1 Å². The van der Waals surface area contributed by atoms with E-state index in [1.165, 1.54) is 16.3 Å². The predicted octanol–water partition coefficient (Wildman–Crippen LogP) is 1.95. The van der Waals surface area contributed by atoms with Crippen LogP contribution in [0.4, 0.5) is 5.82 Å². The summed E-state index contributed by atoms with van der Waals surface area (Å²) >= 11 is 0. The second-order valence-electron chi connectivity index (χ2n) is 4.58. The van der Waals surface area contributed by atoms with E-state index in [2.05, 4.69) is 46.4 Å². The van der Waals surface area contributed by atoms with Crippen LogP contribution < -0.4 is 10.2 Å². The molecule has 0 unspecified atom stereocenters. The molecule has 1 aliphatic rings. The molecule has 0 amide bonds. The molecule has 1 saturated heterocycles. The molecule has 1 aliphatic heterocycles. The first-order chi connectivity index (χ1) is 8.34. The number of hydrogen-bond acceptors (Lipinski definition) is 3. The van der Waals surface area contributed by atoms with Crippen molar-refractivity contribution in [3.8, 4) is 0 Å². The molecule has 2 aromatic rings. The van der Waals surface area contributed by atoms with E-state index in [9.17, 15) is 0 Å². The van der Waals surface area contributed by atoms with Gasteiger partial charge in [0.1, 0.15) is 5.82 Å². The van der Waals surface area contributed by atoms with Crippen LogP contribution in [0.5, 0.6) is 0 Å². The first-order valence-corrected chi connectivity index (χ1v) is 6.16. The number of hydrogen-bond donors (Lipinski definition) is 1. The second-order valence-corrected chi connectivity index (χ2v) is 4.58. The van der Waals surface area contributed by atoms with Gasteiger partial charge in [0.2, 0.25) is 0 Å². The normalized spacial score (nSPS) is 16.4. The van der Waals surface area contributed by atoms with Crippen LogP contribution in [0, 0.1) is 6.92 Å². The van der Waals surface area contributed by atoms with E-state index < -0.39 is 0 Å². The summed E-state index contributed by atoms with van der Waals surface area (Å²) in [4.78, 5) is 6.92. The van der Waals surface area contributed by atoms with Gasteiger partial charge >= 0.3 is 0 Å². The largest absolute Gasteiger partial charge is 0.354 e. The number of nitrogens with zero attached hydrogens (tertiary/aromatic N) is 2. The highest BCUT2D eigenvalue weighted by Gasteiger charge is 2.12. The first-order valence-electron chi connectivity index (χ1n) is 6.16. The van der Waals surface area contributed by atoms with Crippen LogP contribution in [0.15, 0.2) is 30.5 Å². The molecule has 3 heteroatoms. The Morgan fingerprint density at radius 1 is 1.24 bits per heavy atom. The minimum Gasteiger partial charge on any atom is -0.354 e. The van der Waals surface area contributed by atoms with Crippen molar-refractivity contribution in [3.63, 3.8) is 0 Å². The summed E-state index contributed by atoms with van der Waals surface area (Å²) in [7, 11) is 0. The third-order valence-corrected chi connectivity index (χ3v) is 3.41. The van der Waals surface area contributed by atoms with E-state index >= 15 is 0 Å². The maximum absolute atomic E-state index is 4.57. The lowest BCUT2D eigenvalue weighted by molar-refractivity contribution is 0.585. The fourth-order valence-corrected chi connectivity index (χ4v) is 2.38. The number of aromatic nitrogens is 1. The van der Waals surface area contributed by atoms with Crippen molar-refractivity contribution >= 4 is 16.6 Å². The quantitative estimate of drug-likeness (QED) is 0.807. The maximum atomic E-state index is 4.57. The molecule has 1 aromatic carbocycles. The molecule has 88 valence electrons. The molecule has 0 bridgehead atoms. The molecule has 1 N–H and O–H groups in total. The third-order valence-electron chi connectivity index (χ3n) is 3.41. The molecule has 3 rings (SSSR count). The van der Waals surface area contributed by atoms with Crippen molar-refractivity contribution in [2.45, 2.75) is 6.92 Å². The van der Waals surface area contributed by atoms with Crippen LogP contribution in [-0.2, 0) is 0 Å². The molecule has 3 nitrogen and oxygen atoms in total. The summed E-state index contributed by atoms with van der Waals surface area (Å²) in [5, 5.41) is 5.91. The number of rotatable bonds is 1. The van der Waals surface area contributed by atoms with E-state index in [-0.39, 0.29) is 0 Å². The average molecular weight is 227 g/mol. The Morgan fingerprint density at radius 2 is 2.06 bits per heavy atom. The molecule has 0 radical (unpaired) electrons. The van der Waals surface area contributed by atoms with Gasteiger partial charge in [-0.1, -0.05) is 18.2 Å². The van der Waals surface area contributed by atoms with Gasteiger partial charge in [-0.2, -0.15) is 0 Å². The zero-order chi connectivity index (χ0) is 11.7. The summed E-state index contributed by atoms with van der Waals surface area (Å²) in [5.41, 5.74) is 1.32. The lowest BCUT2D eigenvalue weighted by Crippen LogP contribution is -2.43. The predicted molar refractivity (Wildman–Crippen MR) is 71.6 cm³/mol. The van der Waals surface area contributed by atoms with Gasteiger partial charge in [0.15, 0.2) is 0 Å². The third kappa shape index (κ3) is 1.98. The van der Waals surface area contributed by atoms with Gasteiger partial charge in [-0.15, -0.1) is 0 Å². The van der Waals surface area contributed by atoms with Gasteiger partial charge in [-0.05, 0) is 23.9 Å². The number of fused-ring (bicyclic) bond motifs is 1. The number of piperazine rings is 1. The van der Waals surface area contributed by atoms with Crippen LogP contribution in [0.3, 0.4) is 0 Å². The van der Waals surface area contributed by atoms with Crippen molar-refractivity contribution in [3.05, 3.63) is 36.0 Å². The van der Waals surface area contributed by atoms with Gasteiger partial charge in [0.05, 0.1) is 0 Å². The number of aryl methyl sites for hydroxylation is 1. The van der Waals surface area contributed by atoms with E-state index in [1.807, 2.05) is 6.20 Å². The minimum atomic E-state index is 1.05. The van der Waals surface area contributed by atoms with Crippen molar-refractivity contribution in [2.24, 2.45) is 0 Å². The zero-order valence-corrected chi connectivity index (χ0v) is 10.1. The molecule has 1 fully saturated rings. The van der Waals surface area contributed by atoms with E-state index in [0.717, 1.165) is 32.0 Å². The Labute approximate surface area is 101 Å². The number of anilines is 1. The van der Waals surface area contributed by atoms with Crippen LogP contribution in [0.1, 0.15) is 5.56 Å². The minimum absolute atomic E-state index is 1.05. The Kier molecular flexibility index (Phi) is 2.69. The summed E-state index contributed by atoms with van der Waals surface area (Å²) in [6, 6.07) is 8.58. The Balaban J connectivity index is 2.03. The standard InChI is InChI=1S/C14H17N3/c1-11-3-2-4-12-10-16-14(9-13(11)12)17-7-5-15-6-8-17/h2-4,9-10,15H,5-8H2,1H3. The highest BCUT2D eigenvalue weighted by molar-refractivity contribution is 5.86. The van der Waals surface area contributed by atoms with E-state index in [4.69, 9.17) is 0 Å². The molecule has 0 aliphatic carbocycles. The van der Waals surface area contributed by atoms with Gasteiger partial charge in [-0.3, -0.25) is 0 Å². The lowest BCUT2D eigenvalue weighted by atomic mass is 10.1. The van der Waals surface area contributed by atoms with Crippen LogP contribution in [0.25, 0.3) is 10.8 Å². The second kappa shape index (κ2) is 4.34. The number of nitrogens with one attached hydrogen (secondary N) is 1. The Morgan fingerprint density at radius 3 is 2.88 bits per heavy atom. The van der Waals surface area contributed by atoms with Crippen LogP contribution >= 0.6 is 0 Å². The summed E-state index contributed by atoms with van der Waals surface area (Å²) in [6.45, 7) is 6.35. The maximum Gasteiger partial charge on any atom is 0.129 e. The van der Waals surface area contributed by atoms with E-state index in [0.29, 0.717) is 0 Å². The fraction of sp³-hybridized carbons (Fsp3) is 0.357. The Bertz CT molecular complexity index is 530. The molecule has 0 atom stereocenters. The zero-order valence-electron chi connectivity index (χ0n) is 10.1. The number of pyridine rings is 1. The van der Waals surface area contributed by atoms with Crippen LogP contribution in [-0.4, -0.2) is 31.2 Å². The fourth-order valence-electron chi connectivity index (χ4n) is 2.38. The average Bonchev–Trinajstić information content (AvgIpc) is 2.40. The lowest BCUT2D eigenvalue weighted by Gasteiger charge is -2.28. The molecular weight excluding hydrogens is 210 g/mol. The molecule has 0 spiro atoms. The monoisotopic (exact) mass is 227 g/mol. The summed E-state index contributed by atoms with van der Waals surface area (Å²) in [5.74, 6) is 1.10. The SMILES string of the molecule is Cc1cccc2cnc(N3CCNCC3)cc12. The first kappa shape index (κ1) is 10.5. The molecule has 0 saturated carbocycles. The van der Waals surface area contributed by atoms with Crippen molar-refractivity contribution in [1.82, 2.24) is 10.3 Å².